The standard InChI is InChI=1S/C19H22N2O5S2/c1-4-25-18(23)15-12(3)16(19(24)26-5-2)28-17(15)21-13(22)9-11-27-14-8-6-7-10-20-14/h6-8,10H,4-5,9,11H2,1-3H3,(H,21,22). The molecule has 0 spiro atoms. The van der Waals surface area contributed by atoms with Gasteiger partial charge in [0.05, 0.1) is 23.8 Å². The lowest BCUT2D eigenvalue weighted by Gasteiger charge is -2.07. The summed E-state index contributed by atoms with van der Waals surface area (Å²) in [4.78, 5) is 41.3. The first-order valence-electron chi connectivity index (χ1n) is 8.79. The number of esters is 2. The van der Waals surface area contributed by atoms with Crippen LogP contribution in [0.25, 0.3) is 0 Å². The third-order valence-corrected chi connectivity index (χ3v) is 5.69. The highest BCUT2D eigenvalue weighted by molar-refractivity contribution is 7.99. The van der Waals surface area contributed by atoms with Crippen LogP contribution in [0.3, 0.4) is 0 Å². The third kappa shape index (κ3) is 5.80. The lowest BCUT2D eigenvalue weighted by molar-refractivity contribution is -0.115. The van der Waals surface area contributed by atoms with E-state index in [2.05, 4.69) is 10.3 Å². The Morgan fingerprint density at radius 3 is 2.50 bits per heavy atom. The quantitative estimate of drug-likeness (QED) is 0.483. The Morgan fingerprint density at radius 2 is 1.86 bits per heavy atom. The number of carbonyl (C=O) groups excluding carboxylic acids is 3. The van der Waals surface area contributed by atoms with Gasteiger partial charge in [-0.1, -0.05) is 6.07 Å². The number of nitrogens with zero attached hydrogens (tertiary/aromatic N) is 1. The van der Waals surface area contributed by atoms with Crippen molar-refractivity contribution in [1.82, 2.24) is 4.98 Å². The molecule has 1 amide bonds. The molecular weight excluding hydrogens is 400 g/mol. The van der Waals surface area contributed by atoms with Crippen LogP contribution in [0.15, 0.2) is 29.4 Å². The number of hydrogen-bond acceptors (Lipinski definition) is 8. The Hall–Kier alpha value is -2.39. The smallest absolute Gasteiger partial charge is 0.348 e. The molecule has 2 rings (SSSR count). The molecule has 0 aliphatic heterocycles. The number of rotatable bonds is 9. The molecule has 0 unspecified atom stereocenters. The molecule has 7 nitrogen and oxygen atoms in total. The lowest BCUT2D eigenvalue weighted by Crippen LogP contribution is -2.15. The van der Waals surface area contributed by atoms with Crippen LogP contribution in [0.5, 0.6) is 0 Å². The number of amides is 1. The highest BCUT2D eigenvalue weighted by Crippen LogP contribution is 2.34. The second-order valence-corrected chi connectivity index (χ2v) is 7.65. The van der Waals surface area contributed by atoms with E-state index in [-0.39, 0.29) is 36.0 Å². The van der Waals surface area contributed by atoms with Gasteiger partial charge in [-0.3, -0.25) is 4.79 Å². The number of ether oxygens (including phenoxy) is 2. The Morgan fingerprint density at radius 1 is 1.14 bits per heavy atom. The summed E-state index contributed by atoms with van der Waals surface area (Å²) in [5.41, 5.74) is 0.640. The molecule has 28 heavy (non-hydrogen) atoms. The Bertz CT molecular complexity index is 836. The van der Waals surface area contributed by atoms with Gasteiger partial charge < -0.3 is 14.8 Å². The highest BCUT2D eigenvalue weighted by Gasteiger charge is 2.27. The van der Waals surface area contributed by atoms with Crippen molar-refractivity contribution >= 4 is 45.9 Å². The largest absolute Gasteiger partial charge is 0.462 e. The molecule has 1 N–H and O–H groups in total. The van der Waals surface area contributed by atoms with Crippen molar-refractivity contribution in [1.29, 1.82) is 0 Å². The fourth-order valence-corrected chi connectivity index (χ4v) is 4.22. The number of anilines is 1. The van der Waals surface area contributed by atoms with Gasteiger partial charge >= 0.3 is 11.9 Å². The predicted molar refractivity (Wildman–Crippen MR) is 109 cm³/mol. The maximum Gasteiger partial charge on any atom is 0.348 e. The molecule has 2 aromatic heterocycles. The SMILES string of the molecule is CCOC(=O)c1sc(NC(=O)CCSc2ccccn2)c(C(=O)OCC)c1C. The van der Waals surface area contributed by atoms with Gasteiger partial charge in [0, 0.05) is 18.4 Å². The molecular formula is C19H22N2O5S2. The molecule has 0 saturated heterocycles. The zero-order valence-electron chi connectivity index (χ0n) is 15.9. The van der Waals surface area contributed by atoms with E-state index >= 15 is 0 Å². The van der Waals surface area contributed by atoms with Crippen molar-refractivity contribution in [3.05, 3.63) is 40.4 Å². The van der Waals surface area contributed by atoms with Gasteiger partial charge in [0.2, 0.25) is 5.91 Å². The van der Waals surface area contributed by atoms with Crippen LogP contribution in [0.2, 0.25) is 0 Å². The summed E-state index contributed by atoms with van der Waals surface area (Å²) in [5.74, 6) is -0.829. The summed E-state index contributed by atoms with van der Waals surface area (Å²) in [6, 6.07) is 5.58. The van der Waals surface area contributed by atoms with Crippen molar-refractivity contribution in [2.75, 3.05) is 24.3 Å². The van der Waals surface area contributed by atoms with Crippen LogP contribution in [0.1, 0.15) is 45.9 Å². The molecule has 150 valence electrons. The van der Waals surface area contributed by atoms with Crippen LogP contribution in [0.4, 0.5) is 5.00 Å². The van der Waals surface area contributed by atoms with Gasteiger partial charge in [-0.2, -0.15) is 0 Å². The number of thiophene rings is 1. The predicted octanol–water partition coefficient (Wildman–Crippen LogP) is 3.93. The van der Waals surface area contributed by atoms with Gasteiger partial charge in [-0.05, 0) is 38.5 Å². The molecule has 2 aromatic rings. The van der Waals surface area contributed by atoms with Crippen LogP contribution >= 0.6 is 23.1 Å². The first-order chi connectivity index (χ1) is 13.5. The number of thioether (sulfide) groups is 1. The summed E-state index contributed by atoms with van der Waals surface area (Å²) in [7, 11) is 0. The van der Waals surface area contributed by atoms with Crippen LogP contribution < -0.4 is 5.32 Å². The van der Waals surface area contributed by atoms with Crippen molar-refractivity contribution < 1.29 is 23.9 Å². The molecule has 0 fully saturated rings. The molecule has 0 saturated carbocycles. The molecule has 0 aromatic carbocycles. The number of carbonyl (C=O) groups is 3. The normalized spacial score (nSPS) is 10.4. The van der Waals surface area contributed by atoms with E-state index in [1.165, 1.54) is 11.8 Å². The van der Waals surface area contributed by atoms with E-state index in [1.54, 1.807) is 27.0 Å². The average Bonchev–Trinajstić information content (AvgIpc) is 2.99. The van der Waals surface area contributed by atoms with E-state index in [0.717, 1.165) is 16.4 Å². The second kappa shape index (κ2) is 10.8. The molecule has 0 bridgehead atoms. The van der Waals surface area contributed by atoms with Gasteiger partial charge in [0.15, 0.2) is 0 Å². The van der Waals surface area contributed by atoms with E-state index in [4.69, 9.17) is 9.47 Å². The molecule has 0 aliphatic rings. The Kier molecular flexibility index (Phi) is 8.46. The minimum absolute atomic E-state index is 0.191. The molecule has 0 radical (unpaired) electrons. The molecule has 0 atom stereocenters. The second-order valence-electron chi connectivity index (χ2n) is 5.52. The molecule has 2 heterocycles. The van der Waals surface area contributed by atoms with E-state index in [1.807, 2.05) is 18.2 Å². The number of aromatic nitrogens is 1. The molecule has 9 heteroatoms. The monoisotopic (exact) mass is 422 g/mol. The van der Waals surface area contributed by atoms with Gasteiger partial charge in [0.1, 0.15) is 9.88 Å². The van der Waals surface area contributed by atoms with Crippen molar-refractivity contribution in [2.24, 2.45) is 0 Å². The summed E-state index contributed by atoms with van der Waals surface area (Å²) in [5, 5.41) is 3.86. The van der Waals surface area contributed by atoms with Crippen LogP contribution in [0, 0.1) is 6.92 Å². The van der Waals surface area contributed by atoms with Crippen molar-refractivity contribution in [3.8, 4) is 0 Å². The highest BCUT2D eigenvalue weighted by atomic mass is 32.2. The van der Waals surface area contributed by atoms with Crippen molar-refractivity contribution in [2.45, 2.75) is 32.2 Å². The number of hydrogen-bond donors (Lipinski definition) is 1. The zero-order chi connectivity index (χ0) is 20.5. The summed E-state index contributed by atoms with van der Waals surface area (Å²) in [6.45, 7) is 5.45. The first-order valence-corrected chi connectivity index (χ1v) is 10.6. The van der Waals surface area contributed by atoms with Crippen molar-refractivity contribution in [3.63, 3.8) is 0 Å². The van der Waals surface area contributed by atoms with Gasteiger partial charge in [-0.25, -0.2) is 14.6 Å². The first kappa shape index (κ1) is 21.9. The summed E-state index contributed by atoms with van der Waals surface area (Å²) in [6.07, 6.45) is 1.93. The topological polar surface area (TPSA) is 94.6 Å². The maximum atomic E-state index is 12.3. The van der Waals surface area contributed by atoms with Gasteiger partial charge in [-0.15, -0.1) is 23.1 Å². The third-order valence-electron chi connectivity index (χ3n) is 3.56. The molecule has 0 aliphatic carbocycles. The average molecular weight is 423 g/mol. The summed E-state index contributed by atoms with van der Waals surface area (Å²) < 4.78 is 10.1. The maximum absolute atomic E-state index is 12.3. The minimum atomic E-state index is -0.579. The Balaban J connectivity index is 2.11. The zero-order valence-corrected chi connectivity index (χ0v) is 17.6. The fourth-order valence-electron chi connectivity index (χ4n) is 2.31. The van der Waals surface area contributed by atoms with E-state index < -0.39 is 11.9 Å². The Labute approximate surface area is 171 Å². The van der Waals surface area contributed by atoms with E-state index in [9.17, 15) is 14.4 Å². The van der Waals surface area contributed by atoms with Crippen LogP contribution in [-0.4, -0.2) is 41.8 Å². The summed E-state index contributed by atoms with van der Waals surface area (Å²) >= 11 is 2.48. The van der Waals surface area contributed by atoms with E-state index in [0.29, 0.717) is 16.3 Å². The minimum Gasteiger partial charge on any atom is -0.462 e. The lowest BCUT2D eigenvalue weighted by atomic mass is 10.1. The number of pyridine rings is 1. The number of nitrogens with one attached hydrogen (secondary N) is 1. The van der Waals surface area contributed by atoms with Crippen LogP contribution in [-0.2, 0) is 14.3 Å². The van der Waals surface area contributed by atoms with Gasteiger partial charge in [0.25, 0.3) is 0 Å². The fraction of sp³-hybridized carbons (Fsp3) is 0.368.